The van der Waals surface area contributed by atoms with Gasteiger partial charge in [0.05, 0.1) is 43.2 Å². The summed E-state index contributed by atoms with van der Waals surface area (Å²) in [5, 5.41) is 14.2. The maximum Gasteiger partial charge on any atom is 0.314 e. The van der Waals surface area contributed by atoms with Gasteiger partial charge in [-0.05, 0) is 56.2 Å². The second-order valence-electron chi connectivity index (χ2n) is 7.79. The summed E-state index contributed by atoms with van der Waals surface area (Å²) >= 11 is 1.05. The van der Waals surface area contributed by atoms with Crippen LogP contribution in [0.1, 0.15) is 25.8 Å². The highest BCUT2D eigenvalue weighted by molar-refractivity contribution is 7.94. The Labute approximate surface area is 189 Å². The highest BCUT2D eigenvalue weighted by Crippen LogP contribution is 2.30. The lowest BCUT2D eigenvalue weighted by atomic mass is 10.1. The fourth-order valence-electron chi connectivity index (χ4n) is 2.85. The van der Waals surface area contributed by atoms with Crippen LogP contribution in [0.5, 0.6) is 5.75 Å². The monoisotopic (exact) mass is 460 g/mol. The Morgan fingerprint density at radius 1 is 1.19 bits per heavy atom. The number of aryl methyl sites for hydroxylation is 1. The first-order chi connectivity index (χ1) is 15.2. The molecule has 0 aliphatic carbocycles. The van der Waals surface area contributed by atoms with E-state index < -0.39 is 17.0 Å². The molecule has 7 nitrogen and oxygen atoms in total. The summed E-state index contributed by atoms with van der Waals surface area (Å²) in [5.41, 5.74) is 0.473. The number of benzene rings is 2. The molecule has 0 aliphatic heterocycles. The lowest BCUT2D eigenvalue weighted by molar-refractivity contribution is -0.160. The SMILES string of the molecule is COOSc1ccc(-c2cnn(-c3ccc(C)c(F)c3)c(=O)c2OCCC(C)(C)O)cc1. The molecule has 0 saturated heterocycles. The molecule has 3 rings (SSSR count). The van der Waals surface area contributed by atoms with Crippen molar-refractivity contribution in [1.29, 1.82) is 0 Å². The number of halogens is 1. The van der Waals surface area contributed by atoms with Crippen molar-refractivity contribution in [3.8, 4) is 22.6 Å². The van der Waals surface area contributed by atoms with Gasteiger partial charge >= 0.3 is 5.56 Å². The van der Waals surface area contributed by atoms with Crippen molar-refractivity contribution in [3.63, 3.8) is 0 Å². The highest BCUT2D eigenvalue weighted by Gasteiger charge is 2.19. The predicted molar refractivity (Wildman–Crippen MR) is 120 cm³/mol. The van der Waals surface area contributed by atoms with Crippen molar-refractivity contribution in [2.75, 3.05) is 13.7 Å². The molecule has 0 atom stereocenters. The predicted octanol–water partition coefficient (Wildman–Crippen LogP) is 4.47. The van der Waals surface area contributed by atoms with Crippen molar-refractivity contribution in [2.24, 2.45) is 0 Å². The second kappa shape index (κ2) is 10.3. The molecule has 0 radical (unpaired) electrons. The molecule has 3 aromatic rings. The molecule has 0 fully saturated rings. The van der Waals surface area contributed by atoms with Crippen molar-refractivity contribution >= 4 is 12.0 Å². The lowest BCUT2D eigenvalue weighted by Crippen LogP contribution is -2.26. The largest absolute Gasteiger partial charge is 0.487 e. The number of nitrogens with zero attached hydrogens (tertiary/aromatic N) is 2. The number of aromatic nitrogens is 2. The minimum Gasteiger partial charge on any atom is -0.487 e. The molecule has 0 aliphatic rings. The average molecular weight is 461 g/mol. The lowest BCUT2D eigenvalue weighted by Gasteiger charge is -2.18. The van der Waals surface area contributed by atoms with Crippen LogP contribution in [0.3, 0.4) is 0 Å². The van der Waals surface area contributed by atoms with Gasteiger partial charge in [-0.2, -0.15) is 14.1 Å². The van der Waals surface area contributed by atoms with E-state index in [0.29, 0.717) is 28.8 Å². The molecule has 0 unspecified atom stereocenters. The van der Waals surface area contributed by atoms with Crippen molar-refractivity contribution in [1.82, 2.24) is 9.78 Å². The topological polar surface area (TPSA) is 82.8 Å². The Kier molecular flexibility index (Phi) is 7.68. The zero-order valence-corrected chi connectivity index (χ0v) is 19.1. The first kappa shape index (κ1) is 23.9. The highest BCUT2D eigenvalue weighted by atomic mass is 32.2. The minimum atomic E-state index is -0.952. The van der Waals surface area contributed by atoms with Crippen LogP contribution >= 0.6 is 12.0 Å². The van der Waals surface area contributed by atoms with Gasteiger partial charge in [-0.15, -0.1) is 0 Å². The molecular formula is C23H25FN2O5S. The molecule has 0 spiro atoms. The van der Waals surface area contributed by atoms with Crippen LogP contribution in [-0.2, 0) is 9.22 Å². The third-order valence-corrected chi connectivity index (χ3v) is 5.33. The standard InChI is InChI=1S/C23H25FN2O5S/c1-15-5-8-17(13-20(15)24)26-22(27)21(30-12-11-23(2,3)28)19(14-25-26)16-6-9-18(10-7-16)32-31-29-4/h5-10,13-14,28H,11-12H2,1-4H3. The van der Waals surface area contributed by atoms with E-state index in [1.165, 1.54) is 19.4 Å². The Morgan fingerprint density at radius 3 is 2.53 bits per heavy atom. The van der Waals surface area contributed by atoms with E-state index in [4.69, 9.17) is 9.07 Å². The molecule has 0 bridgehead atoms. The Bertz CT molecular complexity index is 1130. The normalized spacial score (nSPS) is 11.6. The van der Waals surface area contributed by atoms with Gasteiger partial charge in [0, 0.05) is 16.9 Å². The summed E-state index contributed by atoms with van der Waals surface area (Å²) in [7, 11) is 1.42. The summed E-state index contributed by atoms with van der Waals surface area (Å²) < 4.78 is 25.9. The fourth-order valence-corrected chi connectivity index (χ4v) is 3.24. The average Bonchev–Trinajstić information content (AvgIpc) is 2.75. The van der Waals surface area contributed by atoms with Crippen molar-refractivity contribution < 1.29 is 23.5 Å². The van der Waals surface area contributed by atoms with Gasteiger partial charge < -0.3 is 9.84 Å². The van der Waals surface area contributed by atoms with Crippen LogP contribution in [-0.4, -0.2) is 34.2 Å². The molecule has 1 N–H and O–H groups in total. The zero-order valence-electron chi connectivity index (χ0n) is 18.3. The van der Waals surface area contributed by atoms with Crippen LogP contribution in [0.2, 0.25) is 0 Å². The van der Waals surface area contributed by atoms with E-state index in [-0.39, 0.29) is 12.4 Å². The quantitative estimate of drug-likeness (QED) is 0.287. The zero-order chi connectivity index (χ0) is 23.3. The Morgan fingerprint density at radius 2 is 1.91 bits per heavy atom. The van der Waals surface area contributed by atoms with E-state index in [1.807, 2.05) is 0 Å². The molecule has 1 aromatic heterocycles. The second-order valence-corrected chi connectivity index (χ2v) is 8.57. The maximum absolute atomic E-state index is 14.1. The number of hydrogen-bond acceptors (Lipinski definition) is 7. The molecule has 32 heavy (non-hydrogen) atoms. The molecule has 2 aromatic carbocycles. The fraction of sp³-hybridized carbons (Fsp3) is 0.304. The summed E-state index contributed by atoms with van der Waals surface area (Å²) in [6.45, 7) is 5.09. The smallest absolute Gasteiger partial charge is 0.314 e. The molecular weight excluding hydrogens is 435 g/mol. The van der Waals surface area contributed by atoms with E-state index in [2.05, 4.69) is 9.99 Å². The van der Waals surface area contributed by atoms with Crippen LogP contribution < -0.4 is 10.3 Å². The van der Waals surface area contributed by atoms with E-state index in [9.17, 15) is 14.3 Å². The van der Waals surface area contributed by atoms with Crippen LogP contribution in [0, 0.1) is 12.7 Å². The molecule has 0 amide bonds. The Balaban J connectivity index is 2.02. The van der Waals surface area contributed by atoms with Crippen LogP contribution in [0.25, 0.3) is 16.8 Å². The first-order valence-electron chi connectivity index (χ1n) is 9.91. The van der Waals surface area contributed by atoms with Gasteiger partial charge in [0.2, 0.25) is 0 Å². The van der Waals surface area contributed by atoms with Crippen LogP contribution in [0.15, 0.2) is 58.4 Å². The first-order valence-corrected chi connectivity index (χ1v) is 10.7. The molecule has 9 heteroatoms. The van der Waals surface area contributed by atoms with Gasteiger partial charge in [0.15, 0.2) is 5.75 Å². The van der Waals surface area contributed by atoms with Gasteiger partial charge in [0.25, 0.3) is 0 Å². The summed E-state index contributed by atoms with van der Waals surface area (Å²) in [6.07, 6.45) is 1.82. The third kappa shape index (κ3) is 5.95. The van der Waals surface area contributed by atoms with Crippen LogP contribution in [0.4, 0.5) is 4.39 Å². The summed E-state index contributed by atoms with van der Waals surface area (Å²) in [5.74, 6) is -0.366. The van der Waals surface area contributed by atoms with E-state index in [0.717, 1.165) is 21.6 Å². The number of rotatable bonds is 9. The number of ether oxygens (including phenoxy) is 1. The van der Waals surface area contributed by atoms with Gasteiger partial charge in [-0.1, -0.05) is 18.2 Å². The maximum atomic E-state index is 14.1. The number of aliphatic hydroxyl groups is 1. The molecule has 0 saturated carbocycles. The molecule has 1 heterocycles. The number of hydrogen-bond donors (Lipinski definition) is 1. The third-order valence-electron chi connectivity index (χ3n) is 4.66. The summed E-state index contributed by atoms with van der Waals surface area (Å²) in [6, 6.07) is 11.7. The van der Waals surface area contributed by atoms with Crippen molar-refractivity contribution in [3.05, 3.63) is 70.4 Å². The van der Waals surface area contributed by atoms with Gasteiger partial charge in [-0.3, -0.25) is 4.79 Å². The molecule has 170 valence electrons. The Hall–Kier alpha value is -2.72. The van der Waals surface area contributed by atoms with E-state index in [1.54, 1.807) is 57.2 Å². The van der Waals surface area contributed by atoms with E-state index >= 15 is 0 Å². The van der Waals surface area contributed by atoms with Crippen molar-refractivity contribution in [2.45, 2.75) is 37.7 Å². The minimum absolute atomic E-state index is 0.0683. The summed E-state index contributed by atoms with van der Waals surface area (Å²) in [4.78, 5) is 18.7. The van der Waals surface area contributed by atoms with Gasteiger partial charge in [-0.25, -0.2) is 9.28 Å². The van der Waals surface area contributed by atoms with Gasteiger partial charge in [0.1, 0.15) is 5.82 Å².